The Bertz CT molecular complexity index is 1210. The summed E-state index contributed by atoms with van der Waals surface area (Å²) in [6.45, 7) is 2.38. The van der Waals surface area contributed by atoms with Crippen molar-refractivity contribution >= 4 is 32.7 Å². The van der Waals surface area contributed by atoms with Gasteiger partial charge in [-0.15, -0.1) is 0 Å². The zero-order valence-electron chi connectivity index (χ0n) is 15.5. The Hall–Kier alpha value is -3.83. The molecule has 0 radical (unpaired) electrons. The maximum Gasteiger partial charge on any atom is 0.321 e. The fourth-order valence-electron chi connectivity index (χ4n) is 2.90. The van der Waals surface area contributed by atoms with E-state index in [-0.39, 0.29) is 6.03 Å². The highest BCUT2D eigenvalue weighted by atomic mass is 32.1. The summed E-state index contributed by atoms with van der Waals surface area (Å²) >= 11 is 1.38. The van der Waals surface area contributed by atoms with E-state index in [1.165, 1.54) is 11.3 Å². The molecule has 0 atom stereocenters. The summed E-state index contributed by atoms with van der Waals surface area (Å²) in [5.41, 5.74) is 4.76. The van der Waals surface area contributed by atoms with Gasteiger partial charge in [-0.2, -0.15) is 5.26 Å². The number of thiazole rings is 1. The van der Waals surface area contributed by atoms with E-state index in [1.54, 1.807) is 24.7 Å². The number of amides is 2. The average molecular weight is 400 g/mol. The van der Waals surface area contributed by atoms with Gasteiger partial charge < -0.3 is 5.32 Å². The number of pyridine rings is 2. The number of carbonyl (C=O) groups excluding carboxylic acids is 1. The SMILES string of the molecule is CCNC(=O)Nc1nc2cc(-c3cccnc3)cc(-c3ccc(C#N)cn3)c2s1. The number of hydrogen-bond donors (Lipinski definition) is 2. The summed E-state index contributed by atoms with van der Waals surface area (Å²) in [5, 5.41) is 15.0. The predicted octanol–water partition coefficient (Wildman–Crippen LogP) is 4.43. The number of carbonyl (C=O) groups is 1. The van der Waals surface area contributed by atoms with Gasteiger partial charge in [0.2, 0.25) is 0 Å². The highest BCUT2D eigenvalue weighted by Gasteiger charge is 2.15. The van der Waals surface area contributed by atoms with E-state index in [0.717, 1.165) is 32.6 Å². The largest absolute Gasteiger partial charge is 0.338 e. The Morgan fingerprint density at radius 2 is 2.10 bits per heavy atom. The van der Waals surface area contributed by atoms with E-state index >= 15 is 0 Å². The van der Waals surface area contributed by atoms with E-state index in [0.29, 0.717) is 17.2 Å². The third kappa shape index (κ3) is 3.90. The monoisotopic (exact) mass is 400 g/mol. The van der Waals surface area contributed by atoms with Crippen LogP contribution in [-0.4, -0.2) is 27.5 Å². The molecule has 8 heteroatoms. The van der Waals surface area contributed by atoms with E-state index in [4.69, 9.17) is 5.26 Å². The van der Waals surface area contributed by atoms with Gasteiger partial charge in [-0.05, 0) is 42.8 Å². The second kappa shape index (κ2) is 8.04. The first-order valence-corrected chi connectivity index (χ1v) is 9.76. The van der Waals surface area contributed by atoms with Crippen molar-refractivity contribution in [1.29, 1.82) is 5.26 Å². The molecule has 1 aromatic carbocycles. The molecule has 2 amide bonds. The molecule has 0 aliphatic carbocycles. The highest BCUT2D eigenvalue weighted by molar-refractivity contribution is 7.22. The van der Waals surface area contributed by atoms with Gasteiger partial charge in [-0.3, -0.25) is 15.3 Å². The van der Waals surface area contributed by atoms with Crippen molar-refractivity contribution in [3.63, 3.8) is 0 Å². The van der Waals surface area contributed by atoms with Gasteiger partial charge in [0, 0.05) is 36.3 Å². The maximum absolute atomic E-state index is 11.9. The van der Waals surface area contributed by atoms with Crippen molar-refractivity contribution in [3.8, 4) is 28.5 Å². The second-order valence-corrected chi connectivity index (χ2v) is 7.16. The van der Waals surface area contributed by atoms with Crippen LogP contribution in [0.1, 0.15) is 12.5 Å². The zero-order chi connectivity index (χ0) is 20.2. The van der Waals surface area contributed by atoms with Crippen LogP contribution in [0.25, 0.3) is 32.6 Å². The lowest BCUT2D eigenvalue weighted by Crippen LogP contribution is -2.28. The van der Waals surface area contributed by atoms with Crippen LogP contribution in [0.2, 0.25) is 0 Å². The van der Waals surface area contributed by atoms with Crippen LogP contribution in [0.15, 0.2) is 55.0 Å². The molecular weight excluding hydrogens is 384 g/mol. The standard InChI is InChI=1S/C21H16N6OS/c1-2-24-20(28)27-21-26-18-9-15(14-4-3-7-23-12-14)8-16(19(18)29-21)17-6-5-13(10-22)11-25-17/h3-9,11-12H,2H2,1H3,(H2,24,26,27,28). The predicted molar refractivity (Wildman–Crippen MR) is 113 cm³/mol. The summed E-state index contributed by atoms with van der Waals surface area (Å²) in [6, 6.07) is 13.2. The fourth-order valence-corrected chi connectivity index (χ4v) is 3.86. The first-order chi connectivity index (χ1) is 14.2. The van der Waals surface area contributed by atoms with Crippen LogP contribution in [0.5, 0.6) is 0 Å². The molecule has 0 bridgehead atoms. The molecular formula is C21H16N6OS. The van der Waals surface area contributed by atoms with Gasteiger partial charge >= 0.3 is 6.03 Å². The number of urea groups is 1. The van der Waals surface area contributed by atoms with E-state index < -0.39 is 0 Å². The minimum atomic E-state index is -0.294. The maximum atomic E-state index is 11.9. The smallest absolute Gasteiger partial charge is 0.321 e. The molecule has 0 aliphatic heterocycles. The molecule has 7 nitrogen and oxygen atoms in total. The number of rotatable bonds is 4. The van der Waals surface area contributed by atoms with Crippen LogP contribution in [0.3, 0.4) is 0 Å². The Kier molecular flexibility index (Phi) is 5.14. The fraction of sp³-hybridized carbons (Fsp3) is 0.0952. The third-order valence-corrected chi connectivity index (χ3v) is 5.23. The van der Waals surface area contributed by atoms with Gasteiger partial charge in [0.15, 0.2) is 5.13 Å². The Balaban J connectivity index is 1.86. The van der Waals surface area contributed by atoms with Crippen LogP contribution in [-0.2, 0) is 0 Å². The normalized spacial score (nSPS) is 10.5. The first-order valence-electron chi connectivity index (χ1n) is 8.94. The third-order valence-electron chi connectivity index (χ3n) is 4.21. The van der Waals surface area contributed by atoms with Gasteiger partial charge in [0.1, 0.15) is 6.07 Å². The molecule has 0 spiro atoms. The van der Waals surface area contributed by atoms with Gasteiger partial charge in [-0.25, -0.2) is 9.78 Å². The molecule has 29 heavy (non-hydrogen) atoms. The molecule has 0 aliphatic rings. The molecule has 0 saturated heterocycles. The number of aromatic nitrogens is 3. The number of nitriles is 1. The van der Waals surface area contributed by atoms with Crippen molar-refractivity contribution in [2.75, 3.05) is 11.9 Å². The summed E-state index contributed by atoms with van der Waals surface area (Å²) in [4.78, 5) is 25.1. The molecule has 3 aromatic heterocycles. The summed E-state index contributed by atoms with van der Waals surface area (Å²) in [5.74, 6) is 0. The van der Waals surface area contributed by atoms with Crippen molar-refractivity contribution in [2.45, 2.75) is 6.92 Å². The summed E-state index contributed by atoms with van der Waals surface area (Å²) in [7, 11) is 0. The lowest BCUT2D eigenvalue weighted by atomic mass is 10.0. The lowest BCUT2D eigenvalue weighted by molar-refractivity contribution is 0.252. The van der Waals surface area contributed by atoms with E-state index in [9.17, 15) is 4.79 Å². The quantitative estimate of drug-likeness (QED) is 0.527. The van der Waals surface area contributed by atoms with Crippen LogP contribution in [0.4, 0.5) is 9.93 Å². The number of anilines is 1. The van der Waals surface area contributed by atoms with Crippen LogP contribution in [0, 0.1) is 11.3 Å². The van der Waals surface area contributed by atoms with Crippen molar-refractivity contribution < 1.29 is 4.79 Å². The van der Waals surface area contributed by atoms with Crippen molar-refractivity contribution in [1.82, 2.24) is 20.3 Å². The number of hydrogen-bond acceptors (Lipinski definition) is 6. The van der Waals surface area contributed by atoms with Crippen molar-refractivity contribution in [2.24, 2.45) is 0 Å². The Morgan fingerprint density at radius 1 is 1.21 bits per heavy atom. The van der Waals surface area contributed by atoms with Gasteiger partial charge in [-0.1, -0.05) is 17.4 Å². The van der Waals surface area contributed by atoms with E-state index in [1.807, 2.05) is 37.3 Å². The molecule has 142 valence electrons. The average Bonchev–Trinajstić information content (AvgIpc) is 3.16. The topological polar surface area (TPSA) is 104 Å². The molecule has 0 unspecified atom stereocenters. The first kappa shape index (κ1) is 18.5. The second-order valence-electron chi connectivity index (χ2n) is 6.16. The minimum absolute atomic E-state index is 0.294. The number of fused-ring (bicyclic) bond motifs is 1. The summed E-state index contributed by atoms with van der Waals surface area (Å²) < 4.78 is 0.904. The number of nitrogens with zero attached hydrogens (tertiary/aromatic N) is 4. The van der Waals surface area contributed by atoms with Gasteiger partial charge in [0.25, 0.3) is 0 Å². The number of benzene rings is 1. The number of nitrogens with one attached hydrogen (secondary N) is 2. The minimum Gasteiger partial charge on any atom is -0.338 e. The van der Waals surface area contributed by atoms with Gasteiger partial charge in [0.05, 0.1) is 21.5 Å². The molecule has 0 saturated carbocycles. The Morgan fingerprint density at radius 3 is 2.79 bits per heavy atom. The molecule has 0 fully saturated rings. The molecule has 2 N–H and O–H groups in total. The van der Waals surface area contributed by atoms with Crippen LogP contribution < -0.4 is 10.6 Å². The lowest BCUT2D eigenvalue weighted by Gasteiger charge is -2.07. The Labute approximate surface area is 171 Å². The molecule has 4 rings (SSSR count). The zero-order valence-corrected chi connectivity index (χ0v) is 16.3. The van der Waals surface area contributed by atoms with Crippen LogP contribution >= 0.6 is 11.3 Å². The summed E-state index contributed by atoms with van der Waals surface area (Å²) in [6.07, 6.45) is 5.06. The molecule has 4 aromatic rings. The molecule has 3 heterocycles. The highest BCUT2D eigenvalue weighted by Crippen LogP contribution is 2.38. The van der Waals surface area contributed by atoms with E-state index in [2.05, 4.69) is 31.7 Å². The van der Waals surface area contributed by atoms with Crippen molar-refractivity contribution in [3.05, 3.63) is 60.6 Å².